The van der Waals surface area contributed by atoms with Crippen molar-refractivity contribution in [2.75, 3.05) is 18.8 Å². The zero-order chi connectivity index (χ0) is 17.9. The fraction of sp³-hybridized carbons (Fsp3) is 0.824. The molecule has 2 aliphatic heterocycles. The first-order chi connectivity index (χ1) is 11.2. The molecule has 0 spiro atoms. The Morgan fingerprint density at radius 2 is 1.96 bits per heavy atom. The largest absolute Gasteiger partial charge is 0.351 e. The first-order valence-corrected chi connectivity index (χ1v) is 9.70. The van der Waals surface area contributed by atoms with Crippen LogP contribution >= 0.6 is 11.8 Å². The minimum atomic E-state index is -0.473. The molecule has 2 rings (SSSR count). The van der Waals surface area contributed by atoms with Crippen LogP contribution in [0.5, 0.6) is 0 Å². The Morgan fingerprint density at radius 1 is 1.33 bits per heavy atom. The van der Waals surface area contributed by atoms with Crippen LogP contribution in [0.3, 0.4) is 0 Å². The number of likely N-dealkylation sites (tertiary alicyclic amines) is 1. The molecule has 0 radical (unpaired) electrons. The van der Waals surface area contributed by atoms with Crippen LogP contribution in [0.1, 0.15) is 47.0 Å². The van der Waals surface area contributed by atoms with Gasteiger partial charge < -0.3 is 15.5 Å². The lowest BCUT2D eigenvalue weighted by Gasteiger charge is -2.36. The highest BCUT2D eigenvalue weighted by Gasteiger charge is 2.38. The molecule has 0 bridgehead atoms. The third kappa shape index (κ3) is 4.88. The molecule has 2 fully saturated rings. The van der Waals surface area contributed by atoms with Crippen molar-refractivity contribution in [2.45, 2.75) is 63.8 Å². The van der Waals surface area contributed by atoms with Crippen LogP contribution in [-0.4, -0.2) is 58.3 Å². The Morgan fingerprint density at radius 3 is 2.50 bits per heavy atom. The molecule has 24 heavy (non-hydrogen) atoms. The van der Waals surface area contributed by atoms with Gasteiger partial charge in [0.15, 0.2) is 0 Å². The first-order valence-electron chi connectivity index (χ1n) is 8.72. The number of hydrogen-bond acceptors (Lipinski definition) is 4. The van der Waals surface area contributed by atoms with Crippen molar-refractivity contribution in [1.29, 1.82) is 0 Å². The maximum atomic E-state index is 12.4. The molecule has 3 amide bonds. The number of hydrogen-bond donors (Lipinski definition) is 2. The number of piperidine rings is 1. The Labute approximate surface area is 148 Å². The van der Waals surface area contributed by atoms with E-state index in [0.29, 0.717) is 31.2 Å². The van der Waals surface area contributed by atoms with Gasteiger partial charge in [0.2, 0.25) is 17.7 Å². The highest BCUT2D eigenvalue weighted by atomic mass is 32.2. The quantitative estimate of drug-likeness (QED) is 0.793. The molecular formula is C17H29N3O3S. The standard InChI is InChI=1S/C17H29N3O3S/c1-11(2)9-14(21)20-7-5-12(6-8-20)18-15(22)13-10-24-17(3,4)16(23)19-13/h11-13H,5-10H2,1-4H3,(H,18,22)(H,19,23). The summed E-state index contributed by atoms with van der Waals surface area (Å²) in [6.07, 6.45) is 2.13. The molecule has 0 saturated carbocycles. The van der Waals surface area contributed by atoms with Gasteiger partial charge in [0, 0.05) is 31.3 Å². The normalized spacial score (nSPS) is 24.6. The minimum Gasteiger partial charge on any atom is -0.351 e. The highest BCUT2D eigenvalue weighted by Crippen LogP contribution is 2.29. The fourth-order valence-corrected chi connectivity index (χ4v) is 3.93. The van der Waals surface area contributed by atoms with Gasteiger partial charge in [0.1, 0.15) is 6.04 Å². The number of rotatable bonds is 4. The lowest BCUT2D eigenvalue weighted by atomic mass is 10.0. The van der Waals surface area contributed by atoms with Crippen molar-refractivity contribution in [1.82, 2.24) is 15.5 Å². The van der Waals surface area contributed by atoms with E-state index in [1.807, 2.05) is 32.6 Å². The van der Waals surface area contributed by atoms with Crippen molar-refractivity contribution in [3.05, 3.63) is 0 Å². The summed E-state index contributed by atoms with van der Waals surface area (Å²) < 4.78 is -0.473. The van der Waals surface area contributed by atoms with E-state index in [1.54, 1.807) is 0 Å². The number of amides is 3. The monoisotopic (exact) mass is 355 g/mol. The lowest BCUT2D eigenvalue weighted by Crippen LogP contribution is -2.59. The Balaban J connectivity index is 1.77. The lowest BCUT2D eigenvalue weighted by molar-refractivity contribution is -0.133. The average Bonchev–Trinajstić information content (AvgIpc) is 2.50. The Bertz CT molecular complexity index is 499. The summed E-state index contributed by atoms with van der Waals surface area (Å²) >= 11 is 1.51. The molecule has 0 aromatic rings. The topological polar surface area (TPSA) is 78.5 Å². The first kappa shape index (κ1) is 19.1. The van der Waals surface area contributed by atoms with Gasteiger partial charge in [-0.1, -0.05) is 13.8 Å². The van der Waals surface area contributed by atoms with E-state index >= 15 is 0 Å². The zero-order valence-corrected chi connectivity index (χ0v) is 15.9. The van der Waals surface area contributed by atoms with Gasteiger partial charge in [-0.05, 0) is 32.6 Å². The molecule has 0 aromatic heterocycles. The molecule has 0 aliphatic carbocycles. The molecule has 1 unspecified atom stereocenters. The average molecular weight is 356 g/mol. The van der Waals surface area contributed by atoms with Crippen LogP contribution in [-0.2, 0) is 14.4 Å². The Hall–Kier alpha value is -1.24. The van der Waals surface area contributed by atoms with E-state index in [1.165, 1.54) is 11.8 Å². The molecule has 1 atom stereocenters. The molecular weight excluding hydrogens is 326 g/mol. The van der Waals surface area contributed by atoms with Crippen molar-refractivity contribution in [3.63, 3.8) is 0 Å². The van der Waals surface area contributed by atoms with Crippen LogP contribution in [0.25, 0.3) is 0 Å². The number of carbonyl (C=O) groups excluding carboxylic acids is 3. The molecule has 136 valence electrons. The van der Waals surface area contributed by atoms with E-state index < -0.39 is 10.8 Å². The SMILES string of the molecule is CC(C)CC(=O)N1CCC(NC(=O)C2CSC(C)(C)C(=O)N2)CC1. The fourth-order valence-electron chi connectivity index (χ4n) is 2.93. The summed E-state index contributed by atoms with van der Waals surface area (Å²) in [5, 5.41) is 5.84. The predicted molar refractivity (Wildman–Crippen MR) is 95.7 cm³/mol. The summed E-state index contributed by atoms with van der Waals surface area (Å²) in [5.41, 5.74) is 0. The van der Waals surface area contributed by atoms with E-state index in [2.05, 4.69) is 10.6 Å². The number of thioether (sulfide) groups is 1. The van der Waals surface area contributed by atoms with E-state index in [9.17, 15) is 14.4 Å². The maximum Gasteiger partial charge on any atom is 0.243 e. The molecule has 7 heteroatoms. The van der Waals surface area contributed by atoms with E-state index in [4.69, 9.17) is 0 Å². The number of nitrogens with zero attached hydrogens (tertiary/aromatic N) is 1. The molecule has 6 nitrogen and oxygen atoms in total. The third-order valence-electron chi connectivity index (χ3n) is 4.56. The maximum absolute atomic E-state index is 12.4. The van der Waals surface area contributed by atoms with E-state index in [0.717, 1.165) is 12.8 Å². The summed E-state index contributed by atoms with van der Waals surface area (Å²) in [7, 11) is 0. The second-order valence-corrected chi connectivity index (χ2v) is 9.25. The smallest absolute Gasteiger partial charge is 0.243 e. The summed E-state index contributed by atoms with van der Waals surface area (Å²) in [6, 6.07) is -0.381. The molecule has 2 aliphatic rings. The van der Waals surface area contributed by atoms with Gasteiger partial charge in [-0.25, -0.2) is 0 Å². The summed E-state index contributed by atoms with van der Waals surface area (Å²) in [6.45, 7) is 9.20. The van der Waals surface area contributed by atoms with Gasteiger partial charge in [-0.2, -0.15) is 0 Å². The number of carbonyl (C=O) groups is 3. The third-order valence-corrected chi connectivity index (χ3v) is 5.96. The van der Waals surface area contributed by atoms with E-state index in [-0.39, 0.29) is 23.8 Å². The van der Waals surface area contributed by atoms with Crippen molar-refractivity contribution in [3.8, 4) is 0 Å². The van der Waals surface area contributed by atoms with Crippen molar-refractivity contribution >= 4 is 29.5 Å². The van der Waals surface area contributed by atoms with Crippen molar-refractivity contribution < 1.29 is 14.4 Å². The van der Waals surface area contributed by atoms with Gasteiger partial charge in [0.25, 0.3) is 0 Å². The molecule has 0 aromatic carbocycles. The van der Waals surface area contributed by atoms with Gasteiger partial charge >= 0.3 is 0 Å². The zero-order valence-electron chi connectivity index (χ0n) is 15.1. The van der Waals surface area contributed by atoms with Crippen molar-refractivity contribution in [2.24, 2.45) is 5.92 Å². The second kappa shape index (κ2) is 7.76. The van der Waals surface area contributed by atoms with Gasteiger partial charge in [-0.3, -0.25) is 14.4 Å². The van der Waals surface area contributed by atoms with Gasteiger partial charge in [-0.15, -0.1) is 11.8 Å². The number of nitrogens with one attached hydrogen (secondary N) is 2. The Kier molecular flexibility index (Phi) is 6.17. The van der Waals surface area contributed by atoms with Gasteiger partial charge in [0.05, 0.1) is 4.75 Å². The molecule has 2 saturated heterocycles. The van der Waals surface area contributed by atoms with Crippen LogP contribution < -0.4 is 10.6 Å². The minimum absolute atomic E-state index is 0.0810. The van der Waals surface area contributed by atoms with Crippen LogP contribution in [0, 0.1) is 5.92 Å². The van der Waals surface area contributed by atoms with Crippen LogP contribution in [0.15, 0.2) is 0 Å². The summed E-state index contributed by atoms with van der Waals surface area (Å²) in [5.74, 6) is 0.960. The predicted octanol–water partition coefficient (Wildman–Crippen LogP) is 1.15. The van der Waals surface area contributed by atoms with Crippen LogP contribution in [0.2, 0.25) is 0 Å². The second-order valence-electron chi connectivity index (χ2n) is 7.61. The van der Waals surface area contributed by atoms with Crippen LogP contribution in [0.4, 0.5) is 0 Å². The molecule has 2 N–H and O–H groups in total. The molecule has 2 heterocycles. The highest BCUT2D eigenvalue weighted by molar-refractivity contribution is 8.01. The summed E-state index contributed by atoms with van der Waals surface area (Å²) in [4.78, 5) is 38.3.